The van der Waals surface area contributed by atoms with Crippen LogP contribution in [-0.4, -0.2) is 18.1 Å². The zero-order valence-corrected chi connectivity index (χ0v) is 12.7. The van der Waals surface area contributed by atoms with Crippen molar-refractivity contribution in [3.8, 4) is 0 Å². The minimum absolute atomic E-state index is 0.0979. The van der Waals surface area contributed by atoms with E-state index in [0.29, 0.717) is 10.6 Å². The Labute approximate surface area is 129 Å². The van der Waals surface area contributed by atoms with Gasteiger partial charge in [0.05, 0.1) is 6.04 Å². The van der Waals surface area contributed by atoms with Gasteiger partial charge >= 0.3 is 0 Å². The second-order valence-electron chi connectivity index (χ2n) is 4.84. The number of rotatable bonds is 4. The molecule has 21 heavy (non-hydrogen) atoms. The number of para-hydroxylation sites is 1. The van der Waals surface area contributed by atoms with Gasteiger partial charge in [0.25, 0.3) is 0 Å². The minimum atomic E-state index is 0.0979. The van der Waals surface area contributed by atoms with Crippen LogP contribution in [0.25, 0.3) is 0 Å². The first-order valence-electron chi connectivity index (χ1n) is 6.60. The average molecular weight is 304 g/mol. The number of hydrogen-bond acceptors (Lipinski definition) is 3. The van der Waals surface area contributed by atoms with Crippen molar-refractivity contribution in [2.24, 2.45) is 10.9 Å². The van der Waals surface area contributed by atoms with Crippen molar-refractivity contribution >= 4 is 23.1 Å². The number of amidine groups is 1. The highest BCUT2D eigenvalue weighted by molar-refractivity contribution is 6.30. The fourth-order valence-electron chi connectivity index (χ4n) is 2.23. The summed E-state index contributed by atoms with van der Waals surface area (Å²) in [7, 11) is 1.97. The molecule has 3 N–H and O–H groups in total. The molecule has 1 atom stereocenters. The lowest BCUT2D eigenvalue weighted by Crippen LogP contribution is -2.25. The van der Waals surface area contributed by atoms with E-state index in [9.17, 15) is 0 Å². The predicted octanol–water partition coefficient (Wildman–Crippen LogP) is 3.63. The zero-order valence-electron chi connectivity index (χ0n) is 12.0. The van der Waals surface area contributed by atoms with Crippen LogP contribution in [-0.2, 0) is 0 Å². The molecule has 0 aliphatic rings. The van der Waals surface area contributed by atoms with Gasteiger partial charge in [0.15, 0.2) is 5.84 Å². The van der Waals surface area contributed by atoms with Crippen LogP contribution in [0.15, 0.2) is 53.7 Å². The van der Waals surface area contributed by atoms with Crippen LogP contribution >= 0.6 is 11.6 Å². The molecular weight excluding hydrogens is 286 g/mol. The highest BCUT2D eigenvalue weighted by atomic mass is 35.5. The van der Waals surface area contributed by atoms with Gasteiger partial charge in [-0.3, -0.25) is 0 Å². The van der Waals surface area contributed by atoms with Crippen molar-refractivity contribution in [3.63, 3.8) is 0 Å². The van der Waals surface area contributed by atoms with E-state index in [0.717, 1.165) is 11.3 Å². The Morgan fingerprint density at radius 2 is 1.81 bits per heavy atom. The van der Waals surface area contributed by atoms with Crippen LogP contribution in [0.2, 0.25) is 5.02 Å². The smallest absolute Gasteiger partial charge is 0.172 e. The summed E-state index contributed by atoms with van der Waals surface area (Å²) in [6.07, 6.45) is 0. The van der Waals surface area contributed by atoms with E-state index in [1.807, 2.05) is 55.6 Å². The first-order chi connectivity index (χ1) is 10.0. The van der Waals surface area contributed by atoms with Crippen molar-refractivity contribution in [2.45, 2.75) is 13.0 Å². The van der Waals surface area contributed by atoms with Crippen LogP contribution in [0.5, 0.6) is 0 Å². The quantitative estimate of drug-likeness (QED) is 0.392. The molecule has 0 aliphatic carbocycles. The summed E-state index contributed by atoms with van der Waals surface area (Å²) in [6, 6.07) is 15.4. The molecule has 0 spiro atoms. The van der Waals surface area contributed by atoms with Crippen LogP contribution in [0.4, 0.5) is 5.69 Å². The average Bonchev–Trinajstić information content (AvgIpc) is 2.53. The Morgan fingerprint density at radius 3 is 2.43 bits per heavy atom. The number of nitrogens with zero attached hydrogens (tertiary/aromatic N) is 2. The molecule has 0 bridgehead atoms. The van der Waals surface area contributed by atoms with E-state index < -0.39 is 0 Å². The van der Waals surface area contributed by atoms with Gasteiger partial charge in [0, 0.05) is 23.3 Å². The molecule has 0 amide bonds. The van der Waals surface area contributed by atoms with E-state index in [1.54, 1.807) is 0 Å². The van der Waals surface area contributed by atoms with Crippen LogP contribution in [0.3, 0.4) is 0 Å². The summed E-state index contributed by atoms with van der Waals surface area (Å²) < 4.78 is 0. The fraction of sp³-hybridized carbons (Fsp3) is 0.188. The number of oxime groups is 1. The third-order valence-corrected chi connectivity index (χ3v) is 3.85. The van der Waals surface area contributed by atoms with Crippen molar-refractivity contribution in [1.29, 1.82) is 0 Å². The maximum absolute atomic E-state index is 8.91. The summed E-state index contributed by atoms with van der Waals surface area (Å²) in [6.45, 7) is 2.09. The molecule has 4 nitrogen and oxygen atoms in total. The first-order valence-corrected chi connectivity index (χ1v) is 6.97. The Balaban J connectivity index is 2.35. The number of anilines is 1. The van der Waals surface area contributed by atoms with Gasteiger partial charge in [-0.15, -0.1) is 0 Å². The van der Waals surface area contributed by atoms with Crippen LogP contribution in [0, 0.1) is 0 Å². The Kier molecular flexibility index (Phi) is 4.70. The molecule has 1 unspecified atom stereocenters. The summed E-state index contributed by atoms with van der Waals surface area (Å²) in [5.74, 6) is 0.0979. The molecule has 0 aromatic heterocycles. The van der Waals surface area contributed by atoms with Gasteiger partial charge < -0.3 is 15.8 Å². The van der Waals surface area contributed by atoms with Crippen LogP contribution in [0.1, 0.15) is 24.1 Å². The summed E-state index contributed by atoms with van der Waals surface area (Å²) in [5, 5.41) is 12.7. The molecule has 5 heteroatoms. The number of nitrogens with two attached hydrogens (primary N) is 1. The zero-order chi connectivity index (χ0) is 15.4. The second-order valence-corrected chi connectivity index (χ2v) is 5.28. The third-order valence-electron chi connectivity index (χ3n) is 3.60. The monoisotopic (exact) mass is 303 g/mol. The topological polar surface area (TPSA) is 61.8 Å². The molecule has 2 aromatic rings. The standard InChI is InChI=1S/C16H18ClN3O/c1-11(12-7-9-13(17)10-8-12)20(2)15-6-4-3-5-14(15)16(18)19-21/h3-11,21H,1-2H3,(H2,18,19). The lowest BCUT2D eigenvalue weighted by Gasteiger charge is -2.29. The van der Waals surface area contributed by atoms with E-state index in [2.05, 4.69) is 17.0 Å². The summed E-state index contributed by atoms with van der Waals surface area (Å²) in [4.78, 5) is 2.08. The maximum atomic E-state index is 8.91. The molecule has 0 saturated heterocycles. The molecule has 0 fully saturated rings. The van der Waals surface area contributed by atoms with Crippen molar-refractivity contribution < 1.29 is 5.21 Å². The Hall–Kier alpha value is -2.20. The lowest BCUT2D eigenvalue weighted by atomic mass is 10.0. The molecular formula is C16H18ClN3O. The largest absolute Gasteiger partial charge is 0.409 e. The highest BCUT2D eigenvalue weighted by Crippen LogP contribution is 2.28. The number of hydrogen-bond donors (Lipinski definition) is 2. The van der Waals surface area contributed by atoms with Gasteiger partial charge in [-0.25, -0.2) is 0 Å². The van der Waals surface area contributed by atoms with Gasteiger partial charge in [-0.1, -0.05) is 41.0 Å². The molecule has 0 aliphatic heterocycles. The third kappa shape index (κ3) is 3.28. The number of halogens is 1. The van der Waals surface area contributed by atoms with Gasteiger partial charge in [0.2, 0.25) is 0 Å². The molecule has 2 rings (SSSR count). The van der Waals surface area contributed by atoms with E-state index in [4.69, 9.17) is 22.5 Å². The SMILES string of the molecule is CC(c1ccc(Cl)cc1)N(C)c1ccccc1C(N)=NO. The predicted molar refractivity (Wildman–Crippen MR) is 87.2 cm³/mol. The summed E-state index contributed by atoms with van der Waals surface area (Å²) >= 11 is 5.92. The van der Waals surface area contributed by atoms with E-state index in [-0.39, 0.29) is 11.9 Å². The molecule has 2 aromatic carbocycles. The van der Waals surface area contributed by atoms with E-state index >= 15 is 0 Å². The minimum Gasteiger partial charge on any atom is -0.409 e. The second kappa shape index (κ2) is 6.50. The van der Waals surface area contributed by atoms with Gasteiger partial charge in [0.1, 0.15) is 0 Å². The summed E-state index contributed by atoms with van der Waals surface area (Å²) in [5.41, 5.74) is 8.48. The molecule has 0 saturated carbocycles. The Morgan fingerprint density at radius 1 is 1.19 bits per heavy atom. The van der Waals surface area contributed by atoms with Gasteiger partial charge in [-0.05, 0) is 36.8 Å². The molecule has 0 radical (unpaired) electrons. The number of benzene rings is 2. The van der Waals surface area contributed by atoms with Crippen molar-refractivity contribution in [1.82, 2.24) is 0 Å². The van der Waals surface area contributed by atoms with Gasteiger partial charge in [-0.2, -0.15) is 0 Å². The maximum Gasteiger partial charge on any atom is 0.172 e. The lowest BCUT2D eigenvalue weighted by molar-refractivity contribution is 0.318. The van der Waals surface area contributed by atoms with Crippen molar-refractivity contribution in [2.75, 3.05) is 11.9 Å². The molecule has 0 heterocycles. The Bertz CT molecular complexity index is 640. The first kappa shape index (κ1) is 15.2. The van der Waals surface area contributed by atoms with Crippen LogP contribution < -0.4 is 10.6 Å². The highest BCUT2D eigenvalue weighted by Gasteiger charge is 2.16. The normalized spacial score (nSPS) is 13.0. The fourth-order valence-corrected chi connectivity index (χ4v) is 2.35. The van der Waals surface area contributed by atoms with E-state index in [1.165, 1.54) is 0 Å². The molecule has 110 valence electrons. The van der Waals surface area contributed by atoms with Crippen molar-refractivity contribution in [3.05, 3.63) is 64.7 Å².